The first-order valence-corrected chi connectivity index (χ1v) is 8.89. The number of aryl methyl sites for hydroxylation is 1. The number of rotatable bonds is 4. The Morgan fingerprint density at radius 1 is 1.16 bits per heavy atom. The molecule has 0 bridgehead atoms. The minimum atomic E-state index is -0.0782. The van der Waals surface area contributed by atoms with Crippen molar-refractivity contribution in [1.82, 2.24) is 15.3 Å². The Morgan fingerprint density at radius 3 is 2.84 bits per heavy atom. The zero-order valence-corrected chi connectivity index (χ0v) is 14.6. The first kappa shape index (κ1) is 15.6. The van der Waals surface area contributed by atoms with Crippen molar-refractivity contribution in [1.29, 1.82) is 0 Å². The zero-order valence-electron chi connectivity index (χ0n) is 13.7. The molecule has 2 aromatic carbocycles. The van der Waals surface area contributed by atoms with E-state index in [1.54, 1.807) is 11.3 Å². The molecule has 0 atom stereocenters. The van der Waals surface area contributed by atoms with Crippen LogP contribution in [0.25, 0.3) is 21.5 Å². The topological polar surface area (TPSA) is 57.8 Å². The lowest BCUT2D eigenvalue weighted by atomic mass is 10.1. The summed E-state index contributed by atoms with van der Waals surface area (Å²) < 4.78 is 0. The van der Waals surface area contributed by atoms with Crippen LogP contribution in [0.3, 0.4) is 0 Å². The molecule has 0 radical (unpaired) electrons. The van der Waals surface area contributed by atoms with Crippen molar-refractivity contribution >= 4 is 28.1 Å². The lowest BCUT2D eigenvalue weighted by Crippen LogP contribution is -2.22. The van der Waals surface area contributed by atoms with Crippen LogP contribution in [0.15, 0.2) is 60.8 Å². The molecule has 4 aromatic rings. The first-order chi connectivity index (χ1) is 12.2. The van der Waals surface area contributed by atoms with E-state index >= 15 is 0 Å². The van der Waals surface area contributed by atoms with E-state index < -0.39 is 0 Å². The van der Waals surface area contributed by atoms with Gasteiger partial charge < -0.3 is 10.3 Å². The van der Waals surface area contributed by atoms with Crippen LogP contribution in [0, 0.1) is 6.92 Å². The zero-order chi connectivity index (χ0) is 17.2. The maximum atomic E-state index is 12.4. The standard InChI is InChI=1S/C20H17N3OS/c1-13-18(25-20(23-13)15-5-3-2-4-6-15)12-22-19(24)16-8-7-14-9-10-21-17(14)11-16/h2-11,21H,12H2,1H3,(H,22,24). The minimum Gasteiger partial charge on any atom is -0.361 e. The van der Waals surface area contributed by atoms with Gasteiger partial charge in [0.2, 0.25) is 0 Å². The molecule has 0 aliphatic heterocycles. The summed E-state index contributed by atoms with van der Waals surface area (Å²) in [5, 5.41) is 5.08. The van der Waals surface area contributed by atoms with Crippen molar-refractivity contribution in [3.05, 3.63) is 76.9 Å². The van der Waals surface area contributed by atoms with Crippen molar-refractivity contribution in [3.8, 4) is 10.6 Å². The van der Waals surface area contributed by atoms with E-state index in [0.717, 1.165) is 32.0 Å². The summed E-state index contributed by atoms with van der Waals surface area (Å²) in [7, 11) is 0. The monoisotopic (exact) mass is 347 g/mol. The molecule has 124 valence electrons. The molecule has 0 saturated heterocycles. The number of nitrogens with zero attached hydrogens (tertiary/aromatic N) is 1. The number of benzene rings is 2. The van der Waals surface area contributed by atoms with E-state index in [-0.39, 0.29) is 5.91 Å². The summed E-state index contributed by atoms with van der Waals surface area (Å²) in [5.41, 5.74) is 3.68. The second-order valence-electron chi connectivity index (χ2n) is 5.86. The Balaban J connectivity index is 1.49. The number of aromatic amines is 1. The number of carbonyl (C=O) groups excluding carboxylic acids is 1. The van der Waals surface area contributed by atoms with Crippen molar-refractivity contribution in [3.63, 3.8) is 0 Å². The van der Waals surface area contributed by atoms with Gasteiger partial charge in [0, 0.05) is 27.7 Å². The average molecular weight is 347 g/mol. The molecule has 0 unspecified atom stereocenters. The van der Waals surface area contributed by atoms with Gasteiger partial charge in [0.15, 0.2) is 0 Å². The second kappa shape index (κ2) is 6.53. The molecule has 25 heavy (non-hydrogen) atoms. The quantitative estimate of drug-likeness (QED) is 0.570. The second-order valence-corrected chi connectivity index (χ2v) is 6.94. The number of hydrogen-bond acceptors (Lipinski definition) is 3. The third-order valence-electron chi connectivity index (χ3n) is 4.14. The van der Waals surface area contributed by atoms with Crippen LogP contribution in [0.4, 0.5) is 0 Å². The average Bonchev–Trinajstić information content (AvgIpc) is 3.26. The molecule has 2 aromatic heterocycles. The normalized spacial score (nSPS) is 10.9. The number of amides is 1. The van der Waals surface area contributed by atoms with Crippen LogP contribution in [-0.4, -0.2) is 15.9 Å². The van der Waals surface area contributed by atoms with E-state index in [9.17, 15) is 4.79 Å². The van der Waals surface area contributed by atoms with Gasteiger partial charge in [0.1, 0.15) is 5.01 Å². The van der Waals surface area contributed by atoms with Crippen LogP contribution in [0.2, 0.25) is 0 Å². The van der Waals surface area contributed by atoms with E-state index in [1.807, 2.05) is 67.7 Å². The van der Waals surface area contributed by atoms with E-state index in [2.05, 4.69) is 15.3 Å². The van der Waals surface area contributed by atoms with Crippen molar-refractivity contribution in [2.24, 2.45) is 0 Å². The fourth-order valence-corrected chi connectivity index (χ4v) is 3.76. The van der Waals surface area contributed by atoms with Crippen LogP contribution in [-0.2, 0) is 6.54 Å². The molecule has 0 spiro atoms. The summed E-state index contributed by atoms with van der Waals surface area (Å²) in [5.74, 6) is -0.0782. The number of hydrogen-bond donors (Lipinski definition) is 2. The maximum Gasteiger partial charge on any atom is 0.251 e. The molecular formula is C20H17N3OS. The number of H-pyrrole nitrogens is 1. The van der Waals surface area contributed by atoms with Gasteiger partial charge in [-0.3, -0.25) is 4.79 Å². The van der Waals surface area contributed by atoms with E-state index in [1.165, 1.54) is 0 Å². The molecule has 4 nitrogen and oxygen atoms in total. The Labute approximate surface area is 149 Å². The molecular weight excluding hydrogens is 330 g/mol. The molecule has 0 aliphatic carbocycles. The lowest BCUT2D eigenvalue weighted by Gasteiger charge is -2.04. The van der Waals surface area contributed by atoms with Gasteiger partial charge in [0.05, 0.1) is 12.2 Å². The first-order valence-electron chi connectivity index (χ1n) is 8.08. The predicted octanol–water partition coefficient (Wildman–Crippen LogP) is 4.53. The van der Waals surface area contributed by atoms with E-state index in [0.29, 0.717) is 12.1 Å². The highest BCUT2D eigenvalue weighted by molar-refractivity contribution is 7.15. The molecule has 4 rings (SSSR count). The highest BCUT2D eigenvalue weighted by Gasteiger charge is 2.12. The Hall–Kier alpha value is -2.92. The molecule has 2 heterocycles. The molecule has 1 amide bonds. The highest BCUT2D eigenvalue weighted by atomic mass is 32.1. The lowest BCUT2D eigenvalue weighted by molar-refractivity contribution is 0.0951. The predicted molar refractivity (Wildman–Crippen MR) is 102 cm³/mol. The number of carbonyl (C=O) groups is 1. The van der Waals surface area contributed by atoms with Crippen LogP contribution in [0.1, 0.15) is 20.9 Å². The van der Waals surface area contributed by atoms with Crippen LogP contribution in [0.5, 0.6) is 0 Å². The molecule has 0 fully saturated rings. The number of nitrogens with one attached hydrogen (secondary N) is 2. The fourth-order valence-electron chi connectivity index (χ4n) is 2.75. The number of thiazole rings is 1. The van der Waals surface area contributed by atoms with Crippen molar-refractivity contribution in [2.45, 2.75) is 13.5 Å². The van der Waals surface area contributed by atoms with Gasteiger partial charge in [-0.1, -0.05) is 36.4 Å². The van der Waals surface area contributed by atoms with Gasteiger partial charge in [-0.25, -0.2) is 4.98 Å². The molecule has 5 heteroatoms. The van der Waals surface area contributed by atoms with Gasteiger partial charge in [-0.2, -0.15) is 0 Å². The minimum absolute atomic E-state index is 0.0782. The smallest absolute Gasteiger partial charge is 0.251 e. The summed E-state index contributed by atoms with van der Waals surface area (Å²) in [6.07, 6.45) is 1.87. The Morgan fingerprint density at radius 2 is 2.00 bits per heavy atom. The number of aromatic nitrogens is 2. The third kappa shape index (κ3) is 3.19. The third-order valence-corrected chi connectivity index (χ3v) is 5.35. The molecule has 0 saturated carbocycles. The van der Waals surface area contributed by atoms with Gasteiger partial charge in [0.25, 0.3) is 5.91 Å². The SMILES string of the molecule is Cc1nc(-c2ccccc2)sc1CNC(=O)c1ccc2cc[nH]c2c1. The van der Waals surface area contributed by atoms with Gasteiger partial charge in [-0.15, -0.1) is 11.3 Å². The molecule has 2 N–H and O–H groups in total. The molecule has 0 aliphatic rings. The number of fused-ring (bicyclic) bond motifs is 1. The van der Waals surface area contributed by atoms with Crippen molar-refractivity contribution in [2.75, 3.05) is 0 Å². The summed E-state index contributed by atoms with van der Waals surface area (Å²) in [6, 6.07) is 17.8. The summed E-state index contributed by atoms with van der Waals surface area (Å²) >= 11 is 1.62. The highest BCUT2D eigenvalue weighted by Crippen LogP contribution is 2.27. The van der Waals surface area contributed by atoms with Gasteiger partial charge in [-0.05, 0) is 30.5 Å². The van der Waals surface area contributed by atoms with Crippen molar-refractivity contribution < 1.29 is 4.79 Å². The Bertz CT molecular complexity index is 1030. The van der Waals surface area contributed by atoms with Gasteiger partial charge >= 0.3 is 0 Å². The summed E-state index contributed by atoms with van der Waals surface area (Å²) in [4.78, 5) is 21.3. The maximum absolute atomic E-state index is 12.4. The van der Waals surface area contributed by atoms with E-state index in [4.69, 9.17) is 0 Å². The van der Waals surface area contributed by atoms with Crippen LogP contribution < -0.4 is 5.32 Å². The van der Waals surface area contributed by atoms with Crippen LogP contribution >= 0.6 is 11.3 Å². The fraction of sp³-hybridized carbons (Fsp3) is 0.100. The Kier molecular flexibility index (Phi) is 4.07. The largest absolute Gasteiger partial charge is 0.361 e. The summed E-state index contributed by atoms with van der Waals surface area (Å²) in [6.45, 7) is 2.47.